The summed E-state index contributed by atoms with van der Waals surface area (Å²) in [6, 6.07) is 15.5. The van der Waals surface area contributed by atoms with Gasteiger partial charge in [-0.1, -0.05) is 23.7 Å². The van der Waals surface area contributed by atoms with Crippen LogP contribution in [-0.4, -0.2) is 45.4 Å². The molecule has 32 heavy (non-hydrogen) atoms. The van der Waals surface area contributed by atoms with Crippen molar-refractivity contribution in [3.05, 3.63) is 59.4 Å². The van der Waals surface area contributed by atoms with Gasteiger partial charge in [-0.05, 0) is 62.6 Å². The number of fused-ring (bicyclic) bond motifs is 1. The molecular weight excluding hydrogens is 424 g/mol. The number of carbonyl (C=O) groups excluding carboxylic acids is 2. The number of imidazole rings is 1. The molecule has 2 aliphatic heterocycles. The highest BCUT2D eigenvalue weighted by Gasteiger charge is 2.35. The number of halogens is 1. The second-order valence-corrected chi connectivity index (χ2v) is 9.30. The zero-order chi connectivity index (χ0) is 22.2. The first-order valence-electron chi connectivity index (χ1n) is 11.3. The lowest BCUT2D eigenvalue weighted by molar-refractivity contribution is -0.135. The van der Waals surface area contributed by atoms with Crippen molar-refractivity contribution in [2.45, 2.75) is 51.1 Å². The third-order valence-electron chi connectivity index (χ3n) is 6.73. The molecular formula is C25H27ClN4O2. The van der Waals surface area contributed by atoms with Crippen molar-refractivity contribution < 1.29 is 9.59 Å². The maximum Gasteiger partial charge on any atom is 0.242 e. The number of hydrogen-bond donors (Lipinski definition) is 0. The Morgan fingerprint density at radius 2 is 1.91 bits per heavy atom. The Morgan fingerprint density at radius 1 is 1.12 bits per heavy atom. The fraction of sp³-hybridized carbons (Fsp3) is 0.400. The van der Waals surface area contributed by atoms with E-state index in [0.717, 1.165) is 41.9 Å². The van der Waals surface area contributed by atoms with Crippen LogP contribution in [0.15, 0.2) is 48.5 Å². The Balaban J connectivity index is 1.46. The SMILES string of the molecule is CC1CCCCN1C(=O)Cn1c(C2CC(=O)N(c3ccc(Cl)cc3)C2)nc2ccccc21. The highest BCUT2D eigenvalue weighted by Crippen LogP contribution is 2.34. The zero-order valence-corrected chi connectivity index (χ0v) is 19.0. The van der Waals surface area contributed by atoms with Crippen LogP contribution in [0.5, 0.6) is 0 Å². The first-order chi connectivity index (χ1) is 15.5. The molecule has 1 aromatic heterocycles. The van der Waals surface area contributed by atoms with Gasteiger partial charge in [0.2, 0.25) is 11.8 Å². The number of nitrogens with zero attached hydrogens (tertiary/aromatic N) is 4. The summed E-state index contributed by atoms with van der Waals surface area (Å²) in [6.45, 7) is 3.74. The summed E-state index contributed by atoms with van der Waals surface area (Å²) in [7, 11) is 0. The smallest absolute Gasteiger partial charge is 0.242 e. The van der Waals surface area contributed by atoms with E-state index in [1.807, 2.05) is 45.9 Å². The van der Waals surface area contributed by atoms with Gasteiger partial charge < -0.3 is 14.4 Å². The van der Waals surface area contributed by atoms with Crippen molar-refractivity contribution >= 4 is 40.1 Å². The second kappa shape index (κ2) is 8.58. The fourth-order valence-corrected chi connectivity index (χ4v) is 5.14. The van der Waals surface area contributed by atoms with E-state index in [0.29, 0.717) is 18.0 Å². The molecule has 3 aromatic rings. The number of anilines is 1. The molecule has 0 N–H and O–H groups in total. The molecule has 2 fully saturated rings. The maximum atomic E-state index is 13.3. The molecule has 0 bridgehead atoms. The number of rotatable bonds is 4. The number of carbonyl (C=O) groups is 2. The van der Waals surface area contributed by atoms with Gasteiger partial charge in [0.1, 0.15) is 12.4 Å². The minimum Gasteiger partial charge on any atom is -0.338 e. The van der Waals surface area contributed by atoms with E-state index in [1.165, 1.54) is 6.42 Å². The lowest BCUT2D eigenvalue weighted by Gasteiger charge is -2.33. The highest BCUT2D eigenvalue weighted by atomic mass is 35.5. The summed E-state index contributed by atoms with van der Waals surface area (Å²) in [5.74, 6) is 0.929. The summed E-state index contributed by atoms with van der Waals surface area (Å²) in [5, 5.41) is 0.643. The predicted molar refractivity (Wildman–Crippen MR) is 126 cm³/mol. The third kappa shape index (κ3) is 3.88. The molecule has 2 unspecified atom stereocenters. The van der Waals surface area contributed by atoms with E-state index in [4.69, 9.17) is 16.6 Å². The Bertz CT molecular complexity index is 1160. The summed E-state index contributed by atoms with van der Waals surface area (Å²) in [4.78, 5) is 34.8. The van der Waals surface area contributed by atoms with Crippen molar-refractivity contribution in [3.8, 4) is 0 Å². The van der Waals surface area contributed by atoms with Crippen LogP contribution in [0.4, 0.5) is 5.69 Å². The summed E-state index contributed by atoms with van der Waals surface area (Å²) in [5.41, 5.74) is 2.64. The Kier molecular flexibility index (Phi) is 5.64. The number of piperidine rings is 1. The van der Waals surface area contributed by atoms with E-state index in [2.05, 4.69) is 6.92 Å². The maximum absolute atomic E-state index is 13.3. The minimum atomic E-state index is -0.0721. The van der Waals surface area contributed by atoms with Crippen molar-refractivity contribution in [2.75, 3.05) is 18.0 Å². The molecule has 2 aromatic carbocycles. The molecule has 166 valence electrons. The van der Waals surface area contributed by atoms with E-state index < -0.39 is 0 Å². The van der Waals surface area contributed by atoms with Crippen molar-refractivity contribution in [2.24, 2.45) is 0 Å². The number of aromatic nitrogens is 2. The van der Waals surface area contributed by atoms with Crippen LogP contribution in [0, 0.1) is 0 Å². The van der Waals surface area contributed by atoms with Crippen LogP contribution in [0.25, 0.3) is 11.0 Å². The molecule has 0 spiro atoms. The Labute approximate surface area is 192 Å². The Morgan fingerprint density at radius 3 is 2.69 bits per heavy atom. The standard InChI is InChI=1S/C25H27ClN4O2/c1-17-6-4-5-13-28(17)24(32)16-30-22-8-3-2-7-21(22)27-25(30)18-14-23(31)29(15-18)20-11-9-19(26)10-12-20/h2-3,7-12,17-18H,4-6,13-16H2,1H3. The molecule has 7 heteroatoms. The van der Waals surface area contributed by atoms with Gasteiger partial charge >= 0.3 is 0 Å². The normalized spacial score (nSPS) is 21.5. The summed E-state index contributed by atoms with van der Waals surface area (Å²) < 4.78 is 2.03. The Hall–Kier alpha value is -2.86. The van der Waals surface area contributed by atoms with Crippen LogP contribution >= 0.6 is 11.6 Å². The van der Waals surface area contributed by atoms with Gasteiger partial charge in [-0.3, -0.25) is 9.59 Å². The van der Waals surface area contributed by atoms with Gasteiger partial charge in [-0.25, -0.2) is 4.98 Å². The monoisotopic (exact) mass is 450 g/mol. The molecule has 2 aliphatic rings. The number of likely N-dealkylation sites (tertiary alicyclic amines) is 1. The van der Waals surface area contributed by atoms with Crippen LogP contribution in [-0.2, 0) is 16.1 Å². The average molecular weight is 451 g/mol. The first-order valence-corrected chi connectivity index (χ1v) is 11.7. The van der Waals surface area contributed by atoms with E-state index in [1.54, 1.807) is 17.0 Å². The fourth-order valence-electron chi connectivity index (χ4n) is 5.02. The quantitative estimate of drug-likeness (QED) is 0.583. The minimum absolute atomic E-state index is 0.0620. The number of benzene rings is 2. The highest BCUT2D eigenvalue weighted by molar-refractivity contribution is 6.30. The largest absolute Gasteiger partial charge is 0.338 e. The van der Waals surface area contributed by atoms with Crippen molar-refractivity contribution in [1.29, 1.82) is 0 Å². The summed E-state index contributed by atoms with van der Waals surface area (Å²) in [6.07, 6.45) is 3.66. The molecule has 2 amide bonds. The number of para-hydroxylation sites is 2. The molecule has 0 saturated carbocycles. The molecule has 2 saturated heterocycles. The van der Waals surface area contributed by atoms with Gasteiger partial charge in [0.25, 0.3) is 0 Å². The van der Waals surface area contributed by atoms with Crippen molar-refractivity contribution in [3.63, 3.8) is 0 Å². The lowest BCUT2D eigenvalue weighted by atomic mass is 10.0. The zero-order valence-electron chi connectivity index (χ0n) is 18.2. The van der Waals surface area contributed by atoms with Gasteiger partial charge in [-0.15, -0.1) is 0 Å². The topological polar surface area (TPSA) is 58.4 Å². The van der Waals surface area contributed by atoms with Crippen LogP contribution in [0.3, 0.4) is 0 Å². The van der Waals surface area contributed by atoms with Gasteiger partial charge in [0.05, 0.1) is 11.0 Å². The lowest BCUT2D eigenvalue weighted by Crippen LogP contribution is -2.43. The van der Waals surface area contributed by atoms with Gasteiger partial charge in [0, 0.05) is 42.2 Å². The van der Waals surface area contributed by atoms with Gasteiger partial charge in [0.15, 0.2) is 0 Å². The molecule has 0 radical (unpaired) electrons. The van der Waals surface area contributed by atoms with Crippen LogP contribution < -0.4 is 4.90 Å². The molecule has 6 nitrogen and oxygen atoms in total. The van der Waals surface area contributed by atoms with E-state index >= 15 is 0 Å². The molecule has 0 aliphatic carbocycles. The molecule has 5 rings (SSSR count). The van der Waals surface area contributed by atoms with Crippen molar-refractivity contribution in [1.82, 2.24) is 14.5 Å². The molecule has 3 heterocycles. The molecule has 2 atom stereocenters. The van der Waals surface area contributed by atoms with E-state index in [-0.39, 0.29) is 30.3 Å². The number of hydrogen-bond acceptors (Lipinski definition) is 3. The third-order valence-corrected chi connectivity index (χ3v) is 6.98. The first kappa shape index (κ1) is 21.0. The van der Waals surface area contributed by atoms with Crippen LogP contribution in [0.1, 0.15) is 44.3 Å². The van der Waals surface area contributed by atoms with E-state index in [9.17, 15) is 9.59 Å². The second-order valence-electron chi connectivity index (χ2n) is 8.86. The van der Waals surface area contributed by atoms with Crippen LogP contribution in [0.2, 0.25) is 5.02 Å². The summed E-state index contributed by atoms with van der Waals surface area (Å²) >= 11 is 6.02. The number of amides is 2. The average Bonchev–Trinajstić information content (AvgIpc) is 3.35. The van der Waals surface area contributed by atoms with Gasteiger partial charge in [-0.2, -0.15) is 0 Å². The predicted octanol–water partition coefficient (Wildman–Crippen LogP) is 4.61.